The van der Waals surface area contributed by atoms with Crippen molar-refractivity contribution < 1.29 is 24.2 Å². The second kappa shape index (κ2) is 7.44. The van der Waals surface area contributed by atoms with Gasteiger partial charge in [-0.25, -0.2) is 4.79 Å². The molecule has 0 heterocycles. The molecule has 1 unspecified atom stereocenters. The van der Waals surface area contributed by atoms with Crippen LogP contribution in [0.4, 0.5) is 0 Å². The first-order valence-corrected chi connectivity index (χ1v) is 11.5. The molecule has 30 heavy (non-hydrogen) atoms. The van der Waals surface area contributed by atoms with Crippen LogP contribution >= 0.6 is 0 Å². The highest BCUT2D eigenvalue weighted by Gasteiger charge is 2.67. The Kier molecular flexibility index (Phi) is 5.32. The molecule has 0 bridgehead atoms. The molecule has 0 saturated heterocycles. The molecule has 4 rings (SSSR count). The number of ether oxygens (including phenoxy) is 1. The van der Waals surface area contributed by atoms with E-state index in [-0.39, 0.29) is 29.6 Å². The lowest BCUT2D eigenvalue weighted by atomic mass is 9.46. The summed E-state index contributed by atoms with van der Waals surface area (Å²) in [5, 5.41) is 12.0. The molecule has 5 heteroatoms. The molecule has 164 valence electrons. The summed E-state index contributed by atoms with van der Waals surface area (Å²) < 4.78 is 5.20. The fraction of sp³-hybridized carbons (Fsp3) is 0.720. The lowest BCUT2D eigenvalue weighted by Gasteiger charge is -2.60. The van der Waals surface area contributed by atoms with Gasteiger partial charge in [0, 0.05) is 16.7 Å². The first-order valence-electron chi connectivity index (χ1n) is 11.5. The molecular formula is C25H34O5. The zero-order valence-corrected chi connectivity index (χ0v) is 18.4. The van der Waals surface area contributed by atoms with Gasteiger partial charge in [-0.2, -0.15) is 0 Å². The van der Waals surface area contributed by atoms with E-state index in [1.54, 1.807) is 12.2 Å². The summed E-state index contributed by atoms with van der Waals surface area (Å²) in [5.74, 6) is -1.33. The maximum atomic E-state index is 13.0. The molecule has 0 aliphatic heterocycles. The number of Topliss-reactive ketones (excluding diaryl/α,β-unsaturated/α-hetero) is 1. The van der Waals surface area contributed by atoms with Crippen molar-refractivity contribution in [2.45, 2.75) is 77.7 Å². The van der Waals surface area contributed by atoms with Crippen LogP contribution in [0.3, 0.4) is 0 Å². The van der Waals surface area contributed by atoms with E-state index in [4.69, 9.17) is 4.74 Å². The summed E-state index contributed by atoms with van der Waals surface area (Å²) in [5.41, 5.74) is -0.617. The molecule has 0 amide bonds. The van der Waals surface area contributed by atoms with E-state index < -0.39 is 28.7 Å². The van der Waals surface area contributed by atoms with E-state index in [9.17, 15) is 19.5 Å². The second-order valence-corrected chi connectivity index (χ2v) is 10.3. The van der Waals surface area contributed by atoms with Crippen molar-refractivity contribution in [3.05, 3.63) is 23.8 Å². The summed E-state index contributed by atoms with van der Waals surface area (Å²) in [6.45, 7) is 6.48. The van der Waals surface area contributed by atoms with Crippen LogP contribution in [0.15, 0.2) is 23.8 Å². The lowest BCUT2D eigenvalue weighted by Crippen LogP contribution is -2.61. The molecule has 0 aromatic rings. The first-order chi connectivity index (χ1) is 14.2. The third kappa shape index (κ3) is 2.96. The first kappa shape index (κ1) is 21.5. The number of allylic oxidation sites excluding steroid dienone is 4. The van der Waals surface area contributed by atoms with Gasteiger partial charge in [-0.15, -0.1) is 0 Å². The summed E-state index contributed by atoms with van der Waals surface area (Å²) in [6.07, 6.45) is 11.4. The van der Waals surface area contributed by atoms with E-state index >= 15 is 0 Å². The van der Waals surface area contributed by atoms with Crippen LogP contribution in [0.2, 0.25) is 0 Å². The molecule has 0 aromatic carbocycles. The van der Waals surface area contributed by atoms with Crippen LogP contribution in [-0.4, -0.2) is 34.9 Å². The fourth-order valence-corrected chi connectivity index (χ4v) is 7.11. The van der Waals surface area contributed by atoms with Crippen molar-refractivity contribution in [1.29, 1.82) is 0 Å². The van der Waals surface area contributed by atoms with Gasteiger partial charge in [0.1, 0.15) is 0 Å². The van der Waals surface area contributed by atoms with Gasteiger partial charge in [0.05, 0.1) is 12.2 Å². The van der Waals surface area contributed by atoms with Crippen molar-refractivity contribution in [2.24, 2.45) is 28.6 Å². The molecular weight excluding hydrogens is 380 g/mol. The van der Waals surface area contributed by atoms with E-state index in [0.29, 0.717) is 19.3 Å². The van der Waals surface area contributed by atoms with E-state index in [1.807, 2.05) is 19.9 Å². The Balaban J connectivity index is 1.58. The highest BCUT2D eigenvalue weighted by molar-refractivity contribution is 6.34. The van der Waals surface area contributed by atoms with Crippen molar-refractivity contribution in [3.8, 4) is 0 Å². The number of carbonyl (C=O) groups is 3. The largest absolute Gasteiger partial charge is 0.460 e. The van der Waals surface area contributed by atoms with Gasteiger partial charge in [-0.3, -0.25) is 9.59 Å². The Morgan fingerprint density at radius 2 is 1.93 bits per heavy atom. The minimum absolute atomic E-state index is 0.0494. The smallest absolute Gasteiger partial charge is 0.374 e. The second-order valence-electron chi connectivity index (χ2n) is 10.3. The van der Waals surface area contributed by atoms with Gasteiger partial charge in [0.2, 0.25) is 5.78 Å². The van der Waals surface area contributed by atoms with Gasteiger partial charge in [-0.05, 0) is 68.9 Å². The molecule has 0 aromatic heterocycles. The summed E-state index contributed by atoms with van der Waals surface area (Å²) >= 11 is 0. The van der Waals surface area contributed by atoms with Crippen LogP contribution < -0.4 is 0 Å². The normalized spacial score (nSPS) is 42.1. The van der Waals surface area contributed by atoms with E-state index in [2.05, 4.69) is 6.92 Å². The predicted molar refractivity (Wildman–Crippen MR) is 112 cm³/mol. The monoisotopic (exact) mass is 414 g/mol. The van der Waals surface area contributed by atoms with Crippen LogP contribution in [0, 0.1) is 28.6 Å². The zero-order valence-electron chi connectivity index (χ0n) is 18.4. The minimum atomic E-state index is -0.968. The maximum absolute atomic E-state index is 13.0. The number of ketones is 2. The number of unbranched alkanes of at least 4 members (excludes halogenated alkanes) is 1. The van der Waals surface area contributed by atoms with Crippen molar-refractivity contribution >= 4 is 17.5 Å². The highest BCUT2D eigenvalue weighted by atomic mass is 16.5. The number of aliphatic hydroxyl groups is 1. The van der Waals surface area contributed by atoms with Gasteiger partial charge >= 0.3 is 5.97 Å². The van der Waals surface area contributed by atoms with Crippen LogP contribution in [0.1, 0.15) is 72.1 Å². The summed E-state index contributed by atoms with van der Waals surface area (Å²) in [7, 11) is 0. The topological polar surface area (TPSA) is 80.7 Å². The predicted octanol–water partition coefficient (Wildman–Crippen LogP) is 3.94. The van der Waals surface area contributed by atoms with Gasteiger partial charge in [0.25, 0.3) is 0 Å². The Morgan fingerprint density at radius 1 is 1.17 bits per heavy atom. The number of hydrogen-bond donors (Lipinski definition) is 1. The minimum Gasteiger partial charge on any atom is -0.460 e. The Morgan fingerprint density at radius 3 is 2.67 bits per heavy atom. The van der Waals surface area contributed by atoms with Gasteiger partial charge in [-0.1, -0.05) is 38.8 Å². The summed E-state index contributed by atoms with van der Waals surface area (Å²) in [4.78, 5) is 37.3. The highest BCUT2D eigenvalue weighted by Crippen LogP contribution is 2.67. The van der Waals surface area contributed by atoms with Gasteiger partial charge in [0.15, 0.2) is 5.78 Å². The SMILES string of the molecule is CCCCOC(=O)C(=O)[C@H]1CCC2(O)[C@@H]3CCC4=CC(=O)C=C[C@]4(C)[C@H]3CC[C@]12C. The van der Waals surface area contributed by atoms with Crippen molar-refractivity contribution in [2.75, 3.05) is 6.61 Å². The number of esters is 1. The van der Waals surface area contributed by atoms with Gasteiger partial charge < -0.3 is 9.84 Å². The van der Waals surface area contributed by atoms with Crippen LogP contribution in [-0.2, 0) is 19.1 Å². The Hall–Kier alpha value is -1.75. The number of rotatable bonds is 5. The Bertz CT molecular complexity index is 825. The van der Waals surface area contributed by atoms with Crippen LogP contribution in [0.25, 0.3) is 0 Å². The standard InChI is InChI=1S/C25H34O5/c1-4-5-14-30-22(28)21(27)20-10-13-25(29)19-7-6-16-15-17(26)8-11-23(16,2)18(19)9-12-24(20,25)3/h8,11,15,18-20,29H,4-7,9-10,12-14H2,1-3H3/t18-,19+,20+,23-,24+,25?/m0/s1. The molecule has 0 spiro atoms. The quantitative estimate of drug-likeness (QED) is 0.419. The number of hydrogen-bond acceptors (Lipinski definition) is 5. The molecule has 1 N–H and O–H groups in total. The molecule has 0 radical (unpaired) electrons. The maximum Gasteiger partial charge on any atom is 0.374 e. The molecule has 6 atom stereocenters. The average Bonchev–Trinajstić information content (AvgIpc) is 2.99. The van der Waals surface area contributed by atoms with Crippen molar-refractivity contribution in [3.63, 3.8) is 0 Å². The number of fused-ring (bicyclic) bond motifs is 5. The fourth-order valence-electron chi connectivity index (χ4n) is 7.11. The van der Waals surface area contributed by atoms with E-state index in [0.717, 1.165) is 32.1 Å². The molecule has 3 saturated carbocycles. The molecule has 4 aliphatic rings. The molecule has 4 aliphatic carbocycles. The van der Waals surface area contributed by atoms with Crippen LogP contribution in [0.5, 0.6) is 0 Å². The zero-order chi connectivity index (χ0) is 21.7. The third-order valence-corrected chi connectivity index (χ3v) is 8.99. The Labute approximate surface area is 178 Å². The third-order valence-electron chi connectivity index (χ3n) is 8.99. The van der Waals surface area contributed by atoms with E-state index in [1.165, 1.54) is 5.57 Å². The van der Waals surface area contributed by atoms with Crippen molar-refractivity contribution in [1.82, 2.24) is 0 Å². The molecule has 5 nitrogen and oxygen atoms in total. The number of carbonyl (C=O) groups excluding carboxylic acids is 3. The molecule has 3 fully saturated rings. The lowest BCUT2D eigenvalue weighted by molar-refractivity contribution is -0.183. The average molecular weight is 415 g/mol. The summed E-state index contributed by atoms with van der Waals surface area (Å²) in [6, 6.07) is 0.